The number of aryl methyl sites for hydroxylation is 1. The van der Waals surface area contributed by atoms with Crippen molar-refractivity contribution in [2.75, 3.05) is 11.4 Å². The van der Waals surface area contributed by atoms with Gasteiger partial charge in [0.05, 0.1) is 5.39 Å². The summed E-state index contributed by atoms with van der Waals surface area (Å²) in [5, 5.41) is 1.52. The molecule has 3 rings (SSSR count). The molecular weight excluding hydrogens is 278 g/mol. The molecule has 0 aromatic carbocycles. The average molecular weight is 296 g/mol. The summed E-state index contributed by atoms with van der Waals surface area (Å²) in [5.41, 5.74) is 0. The minimum absolute atomic E-state index is 0.362. The molecule has 2 heterocycles. The molecule has 5 heteroatoms. The molecule has 3 nitrogen and oxygen atoms in total. The SMILES string of the molecule is CCN(c1nc(Cl)nc2sc(C)cc12)C1CCCC1. The van der Waals surface area contributed by atoms with Gasteiger partial charge >= 0.3 is 0 Å². The first-order valence-corrected chi connectivity index (χ1v) is 8.09. The quantitative estimate of drug-likeness (QED) is 0.785. The normalized spacial score (nSPS) is 16.4. The summed E-state index contributed by atoms with van der Waals surface area (Å²) in [4.78, 5) is 13.5. The Hall–Kier alpha value is -0.870. The highest BCUT2D eigenvalue weighted by Crippen LogP contribution is 2.35. The smallest absolute Gasteiger partial charge is 0.225 e. The van der Waals surface area contributed by atoms with Gasteiger partial charge in [-0.05, 0) is 44.4 Å². The molecule has 1 aliphatic rings. The summed E-state index contributed by atoms with van der Waals surface area (Å²) in [7, 11) is 0. The molecule has 1 saturated carbocycles. The standard InChI is InChI=1S/C14H18ClN3S/c1-3-18(10-6-4-5-7-10)12-11-8-9(2)19-13(11)17-14(15)16-12/h8,10H,3-7H2,1-2H3. The number of aromatic nitrogens is 2. The van der Waals surface area contributed by atoms with E-state index in [-0.39, 0.29) is 0 Å². The molecule has 1 aliphatic carbocycles. The second kappa shape index (κ2) is 5.25. The molecule has 102 valence electrons. The summed E-state index contributed by atoms with van der Waals surface area (Å²) in [5.74, 6) is 1.02. The van der Waals surface area contributed by atoms with Crippen LogP contribution in [0.2, 0.25) is 5.28 Å². The average Bonchev–Trinajstić information content (AvgIpc) is 2.98. The van der Waals surface area contributed by atoms with Crippen LogP contribution < -0.4 is 4.90 Å². The van der Waals surface area contributed by atoms with Crippen LogP contribution >= 0.6 is 22.9 Å². The summed E-state index contributed by atoms with van der Waals surface area (Å²) >= 11 is 7.79. The molecule has 0 spiro atoms. The molecule has 0 radical (unpaired) electrons. The number of hydrogen-bond donors (Lipinski definition) is 0. The van der Waals surface area contributed by atoms with Crippen molar-refractivity contribution >= 4 is 39.0 Å². The van der Waals surface area contributed by atoms with E-state index in [1.54, 1.807) is 11.3 Å². The van der Waals surface area contributed by atoms with E-state index in [9.17, 15) is 0 Å². The zero-order valence-corrected chi connectivity index (χ0v) is 12.9. The molecule has 0 bridgehead atoms. The molecular formula is C14H18ClN3S. The number of hydrogen-bond acceptors (Lipinski definition) is 4. The third-order valence-electron chi connectivity index (χ3n) is 3.85. The zero-order valence-electron chi connectivity index (χ0n) is 11.3. The van der Waals surface area contributed by atoms with E-state index < -0.39 is 0 Å². The van der Waals surface area contributed by atoms with Crippen molar-refractivity contribution in [1.82, 2.24) is 9.97 Å². The van der Waals surface area contributed by atoms with Gasteiger partial charge in [0.2, 0.25) is 5.28 Å². The fraction of sp³-hybridized carbons (Fsp3) is 0.571. The molecule has 0 aliphatic heterocycles. The van der Waals surface area contributed by atoms with Crippen LogP contribution in [0.1, 0.15) is 37.5 Å². The lowest BCUT2D eigenvalue weighted by Gasteiger charge is -2.29. The third kappa shape index (κ3) is 2.43. The lowest BCUT2D eigenvalue weighted by molar-refractivity contribution is 0.615. The molecule has 0 saturated heterocycles. The van der Waals surface area contributed by atoms with Gasteiger partial charge in [0, 0.05) is 17.5 Å². The van der Waals surface area contributed by atoms with E-state index in [1.807, 2.05) is 0 Å². The van der Waals surface area contributed by atoms with Gasteiger partial charge in [-0.15, -0.1) is 11.3 Å². The van der Waals surface area contributed by atoms with Crippen LogP contribution in [0.25, 0.3) is 10.2 Å². The fourth-order valence-electron chi connectivity index (χ4n) is 3.02. The van der Waals surface area contributed by atoms with Gasteiger partial charge in [-0.1, -0.05) is 12.8 Å². The van der Waals surface area contributed by atoms with Crippen molar-refractivity contribution in [3.05, 3.63) is 16.2 Å². The number of halogens is 1. The van der Waals surface area contributed by atoms with Crippen molar-refractivity contribution < 1.29 is 0 Å². The maximum atomic E-state index is 6.10. The maximum Gasteiger partial charge on any atom is 0.225 e. The Morgan fingerprint density at radius 2 is 2.11 bits per heavy atom. The predicted molar refractivity (Wildman–Crippen MR) is 82.4 cm³/mol. The largest absolute Gasteiger partial charge is 0.353 e. The molecule has 0 unspecified atom stereocenters. The molecule has 2 aromatic rings. The van der Waals surface area contributed by atoms with Crippen LogP contribution in [0.3, 0.4) is 0 Å². The summed E-state index contributed by atoms with van der Waals surface area (Å²) < 4.78 is 0. The Labute approximate surface area is 122 Å². The van der Waals surface area contributed by atoms with Crippen LogP contribution in [0.15, 0.2) is 6.07 Å². The Morgan fingerprint density at radius 3 is 2.79 bits per heavy atom. The van der Waals surface area contributed by atoms with Gasteiger partial charge in [0.25, 0.3) is 0 Å². The van der Waals surface area contributed by atoms with Gasteiger partial charge in [-0.2, -0.15) is 4.98 Å². The van der Waals surface area contributed by atoms with Gasteiger partial charge in [0.1, 0.15) is 10.6 Å². The number of fused-ring (bicyclic) bond motifs is 1. The number of thiophene rings is 1. The summed E-state index contributed by atoms with van der Waals surface area (Å²) in [6.45, 7) is 5.28. The van der Waals surface area contributed by atoms with Crippen LogP contribution in [-0.2, 0) is 0 Å². The van der Waals surface area contributed by atoms with E-state index >= 15 is 0 Å². The van der Waals surface area contributed by atoms with Gasteiger partial charge in [0.15, 0.2) is 0 Å². The Kier molecular flexibility index (Phi) is 3.63. The van der Waals surface area contributed by atoms with Gasteiger partial charge < -0.3 is 4.90 Å². The Morgan fingerprint density at radius 1 is 1.37 bits per heavy atom. The highest BCUT2D eigenvalue weighted by atomic mass is 35.5. The monoisotopic (exact) mass is 295 g/mol. The van der Waals surface area contributed by atoms with Crippen molar-refractivity contribution in [1.29, 1.82) is 0 Å². The van der Waals surface area contributed by atoms with Gasteiger partial charge in [-0.3, -0.25) is 0 Å². The number of rotatable bonds is 3. The van der Waals surface area contributed by atoms with E-state index in [0.717, 1.165) is 22.6 Å². The van der Waals surface area contributed by atoms with Gasteiger partial charge in [-0.25, -0.2) is 4.98 Å². The van der Waals surface area contributed by atoms with E-state index in [2.05, 4.69) is 34.8 Å². The second-order valence-electron chi connectivity index (χ2n) is 5.12. The fourth-order valence-corrected chi connectivity index (χ4v) is 4.11. The first kappa shape index (κ1) is 13.1. The summed E-state index contributed by atoms with van der Waals surface area (Å²) in [6, 6.07) is 2.79. The highest BCUT2D eigenvalue weighted by molar-refractivity contribution is 7.18. The first-order valence-electron chi connectivity index (χ1n) is 6.89. The Bertz CT molecular complexity index is 590. The first-order chi connectivity index (χ1) is 9.19. The second-order valence-corrected chi connectivity index (χ2v) is 6.69. The molecule has 0 amide bonds. The zero-order chi connectivity index (χ0) is 13.4. The topological polar surface area (TPSA) is 29.0 Å². The summed E-state index contributed by atoms with van der Waals surface area (Å²) in [6.07, 6.45) is 5.18. The van der Waals surface area contributed by atoms with E-state index in [4.69, 9.17) is 11.6 Å². The minimum atomic E-state index is 0.362. The predicted octanol–water partition coefficient (Wildman–Crippen LogP) is 4.42. The van der Waals surface area contributed by atoms with E-state index in [1.165, 1.54) is 30.6 Å². The van der Waals surface area contributed by atoms with Crippen molar-refractivity contribution in [3.63, 3.8) is 0 Å². The van der Waals surface area contributed by atoms with Crippen molar-refractivity contribution in [3.8, 4) is 0 Å². The Balaban J connectivity index is 2.10. The number of anilines is 1. The third-order valence-corrected chi connectivity index (χ3v) is 4.96. The lowest BCUT2D eigenvalue weighted by Crippen LogP contribution is -2.33. The van der Waals surface area contributed by atoms with Crippen LogP contribution in [0.4, 0.5) is 5.82 Å². The number of nitrogens with zero attached hydrogens (tertiary/aromatic N) is 3. The lowest BCUT2D eigenvalue weighted by atomic mass is 10.2. The van der Waals surface area contributed by atoms with Crippen molar-refractivity contribution in [2.45, 2.75) is 45.6 Å². The van der Waals surface area contributed by atoms with E-state index in [0.29, 0.717) is 11.3 Å². The van der Waals surface area contributed by atoms with Crippen LogP contribution in [0.5, 0.6) is 0 Å². The maximum absolute atomic E-state index is 6.10. The van der Waals surface area contributed by atoms with Crippen LogP contribution in [0, 0.1) is 6.92 Å². The molecule has 2 aromatic heterocycles. The molecule has 1 fully saturated rings. The minimum Gasteiger partial charge on any atom is -0.353 e. The van der Waals surface area contributed by atoms with Crippen molar-refractivity contribution in [2.24, 2.45) is 0 Å². The molecule has 0 N–H and O–H groups in total. The molecule has 0 atom stereocenters. The molecule has 19 heavy (non-hydrogen) atoms. The highest BCUT2D eigenvalue weighted by Gasteiger charge is 2.25. The van der Waals surface area contributed by atoms with Crippen LogP contribution in [-0.4, -0.2) is 22.6 Å².